The van der Waals surface area contributed by atoms with Crippen molar-refractivity contribution in [1.29, 1.82) is 0 Å². The third kappa shape index (κ3) is 8.83. The maximum atomic E-state index is 10.5. The number of allylic oxidation sites excluding steroid dienone is 1. The van der Waals surface area contributed by atoms with Gasteiger partial charge in [0.1, 0.15) is 0 Å². The fourth-order valence-electron chi connectivity index (χ4n) is 0.907. The van der Waals surface area contributed by atoms with Gasteiger partial charge in [-0.2, -0.15) is 0 Å². The van der Waals surface area contributed by atoms with Gasteiger partial charge in [0, 0.05) is 18.9 Å². The van der Waals surface area contributed by atoms with Gasteiger partial charge in [-0.3, -0.25) is 9.05 Å². The topological polar surface area (TPSA) is 73.6 Å². The molecule has 98 valence electrons. The van der Waals surface area contributed by atoms with Crippen molar-refractivity contribution in [3.63, 3.8) is 0 Å². The number of rotatable bonds is 6. The van der Waals surface area contributed by atoms with E-state index < -0.39 is 7.82 Å². The van der Waals surface area contributed by atoms with Gasteiger partial charge in [-0.1, -0.05) is 6.08 Å². The van der Waals surface area contributed by atoms with E-state index >= 15 is 0 Å². The number of hydrogen-bond donors (Lipinski definition) is 1. The van der Waals surface area contributed by atoms with Gasteiger partial charge in [-0.05, 0) is 13.8 Å². The van der Waals surface area contributed by atoms with Crippen molar-refractivity contribution < 1.29 is 18.5 Å². The second-order valence-corrected chi connectivity index (χ2v) is 4.31. The smallest absolute Gasteiger partial charge is 0.334 e. The van der Waals surface area contributed by atoms with E-state index in [0.29, 0.717) is 0 Å². The predicted octanol–water partition coefficient (Wildman–Crippen LogP) is 2.23. The van der Waals surface area contributed by atoms with Crippen LogP contribution >= 0.6 is 7.82 Å². The molecule has 0 amide bonds. The summed E-state index contributed by atoms with van der Waals surface area (Å²) in [5.41, 5.74) is 0. The molecule has 0 atom stereocenters. The molecular formula is C10H19N2O4P. The monoisotopic (exact) mass is 262 g/mol. The van der Waals surface area contributed by atoms with E-state index in [-0.39, 0.29) is 13.2 Å². The van der Waals surface area contributed by atoms with Crippen molar-refractivity contribution in [1.82, 2.24) is 9.55 Å². The van der Waals surface area contributed by atoms with Gasteiger partial charge in [0.2, 0.25) is 0 Å². The highest BCUT2D eigenvalue weighted by Gasteiger charge is 2.17. The SMILES string of the molecule is C=CCn1ccnc1.CCOP(=O)(O)OCC. The maximum Gasteiger partial charge on any atom is 0.472 e. The summed E-state index contributed by atoms with van der Waals surface area (Å²) in [5, 5.41) is 0. The van der Waals surface area contributed by atoms with E-state index in [1.54, 1.807) is 26.4 Å². The van der Waals surface area contributed by atoms with Crippen LogP contribution in [0.2, 0.25) is 0 Å². The summed E-state index contributed by atoms with van der Waals surface area (Å²) in [5.74, 6) is 0. The first-order valence-corrected chi connectivity index (χ1v) is 6.73. The zero-order valence-corrected chi connectivity index (χ0v) is 11.0. The largest absolute Gasteiger partial charge is 0.472 e. The van der Waals surface area contributed by atoms with E-state index in [9.17, 15) is 4.57 Å². The fraction of sp³-hybridized carbons (Fsp3) is 0.500. The van der Waals surface area contributed by atoms with Crippen molar-refractivity contribution in [2.24, 2.45) is 0 Å². The summed E-state index contributed by atoms with van der Waals surface area (Å²) in [4.78, 5) is 12.5. The van der Waals surface area contributed by atoms with Crippen LogP contribution in [-0.2, 0) is 20.2 Å². The Labute approximate surface area is 102 Å². The predicted molar refractivity (Wildman–Crippen MR) is 65.5 cm³/mol. The van der Waals surface area contributed by atoms with Crippen molar-refractivity contribution in [2.75, 3.05) is 13.2 Å². The summed E-state index contributed by atoms with van der Waals surface area (Å²) >= 11 is 0. The Hall–Kier alpha value is -0.940. The molecule has 1 N–H and O–H groups in total. The number of nitrogens with zero attached hydrogens (tertiary/aromatic N) is 2. The molecule has 0 saturated heterocycles. The lowest BCUT2D eigenvalue weighted by Gasteiger charge is -2.07. The molecule has 0 aliphatic rings. The molecule has 0 fully saturated rings. The lowest BCUT2D eigenvalue weighted by atomic mass is 10.6. The molecule has 6 nitrogen and oxygen atoms in total. The molecule has 0 saturated carbocycles. The van der Waals surface area contributed by atoms with Crippen LogP contribution in [0, 0.1) is 0 Å². The van der Waals surface area contributed by atoms with Crippen LogP contribution in [0.3, 0.4) is 0 Å². The Bertz CT molecular complexity index is 330. The third-order valence-electron chi connectivity index (χ3n) is 1.48. The highest BCUT2D eigenvalue weighted by molar-refractivity contribution is 7.47. The highest BCUT2D eigenvalue weighted by Crippen LogP contribution is 2.42. The van der Waals surface area contributed by atoms with Gasteiger partial charge < -0.3 is 9.46 Å². The van der Waals surface area contributed by atoms with Gasteiger partial charge in [0.25, 0.3) is 0 Å². The quantitative estimate of drug-likeness (QED) is 0.628. The zero-order chi connectivity index (χ0) is 13.1. The Kier molecular flexibility index (Phi) is 8.62. The first-order chi connectivity index (χ1) is 8.05. The average Bonchev–Trinajstić information content (AvgIpc) is 2.71. The zero-order valence-electron chi connectivity index (χ0n) is 10.2. The molecule has 1 aromatic rings. The van der Waals surface area contributed by atoms with Crippen LogP contribution in [0.15, 0.2) is 31.4 Å². The minimum absolute atomic E-state index is 0.188. The molecule has 0 spiro atoms. The Morgan fingerprint density at radius 1 is 1.47 bits per heavy atom. The Balaban J connectivity index is 0.000000302. The van der Waals surface area contributed by atoms with Crippen molar-refractivity contribution in [2.45, 2.75) is 20.4 Å². The molecule has 7 heteroatoms. The van der Waals surface area contributed by atoms with E-state index in [1.165, 1.54) is 0 Å². The third-order valence-corrected chi connectivity index (χ3v) is 2.65. The number of aromatic nitrogens is 2. The van der Waals surface area contributed by atoms with Crippen LogP contribution in [-0.4, -0.2) is 27.7 Å². The first-order valence-electron chi connectivity index (χ1n) is 5.24. The fourth-order valence-corrected chi connectivity index (χ4v) is 1.63. The molecule has 1 rings (SSSR count). The lowest BCUT2D eigenvalue weighted by Crippen LogP contribution is -1.93. The van der Waals surface area contributed by atoms with Crippen LogP contribution in [0.25, 0.3) is 0 Å². The first kappa shape index (κ1) is 16.1. The summed E-state index contributed by atoms with van der Waals surface area (Å²) in [6.07, 6.45) is 7.26. The average molecular weight is 262 g/mol. The van der Waals surface area contributed by atoms with E-state index in [4.69, 9.17) is 4.89 Å². The van der Waals surface area contributed by atoms with Gasteiger partial charge in [0.15, 0.2) is 0 Å². The van der Waals surface area contributed by atoms with Crippen molar-refractivity contribution in [3.05, 3.63) is 31.4 Å². The molecule has 0 radical (unpaired) electrons. The number of phosphoric ester groups is 1. The van der Waals surface area contributed by atoms with E-state index in [1.807, 2.05) is 16.8 Å². The molecule has 1 aromatic heterocycles. The standard InChI is InChI=1S/C6H8N2.C4H11O4P/c1-2-4-8-5-3-7-6-8;1-3-7-9(5,6)8-4-2/h2-3,5-6H,1,4H2;3-4H2,1-2H3,(H,5,6). The van der Waals surface area contributed by atoms with E-state index in [0.717, 1.165) is 6.54 Å². The molecule has 1 heterocycles. The molecule has 0 aliphatic heterocycles. The van der Waals surface area contributed by atoms with Gasteiger partial charge in [-0.25, -0.2) is 9.55 Å². The molecule has 0 aromatic carbocycles. The normalized spacial score (nSPS) is 10.5. The molecule has 0 bridgehead atoms. The summed E-state index contributed by atoms with van der Waals surface area (Å²) in [6.45, 7) is 8.06. The lowest BCUT2D eigenvalue weighted by molar-refractivity contribution is 0.161. The number of phosphoric acid groups is 1. The van der Waals surface area contributed by atoms with Crippen molar-refractivity contribution in [3.8, 4) is 0 Å². The maximum absolute atomic E-state index is 10.5. The minimum Gasteiger partial charge on any atom is -0.334 e. The van der Waals surface area contributed by atoms with Crippen LogP contribution in [0.1, 0.15) is 13.8 Å². The van der Waals surface area contributed by atoms with Gasteiger partial charge >= 0.3 is 7.82 Å². The Morgan fingerprint density at radius 3 is 2.41 bits per heavy atom. The minimum atomic E-state index is -3.69. The molecule has 17 heavy (non-hydrogen) atoms. The van der Waals surface area contributed by atoms with E-state index in [2.05, 4.69) is 20.6 Å². The molecular weight excluding hydrogens is 243 g/mol. The van der Waals surface area contributed by atoms with Crippen LogP contribution in [0.4, 0.5) is 0 Å². The molecule has 0 unspecified atom stereocenters. The summed E-state index contributed by atoms with van der Waals surface area (Å²) < 4.78 is 21.2. The van der Waals surface area contributed by atoms with Gasteiger partial charge in [0.05, 0.1) is 19.5 Å². The second kappa shape index (κ2) is 9.13. The van der Waals surface area contributed by atoms with Gasteiger partial charge in [-0.15, -0.1) is 6.58 Å². The molecule has 0 aliphatic carbocycles. The Morgan fingerprint density at radius 2 is 2.06 bits per heavy atom. The number of hydrogen-bond acceptors (Lipinski definition) is 4. The van der Waals surface area contributed by atoms with Crippen LogP contribution in [0.5, 0.6) is 0 Å². The second-order valence-electron chi connectivity index (χ2n) is 2.85. The highest BCUT2D eigenvalue weighted by atomic mass is 31.2. The summed E-state index contributed by atoms with van der Waals surface area (Å²) in [7, 11) is -3.69. The van der Waals surface area contributed by atoms with Crippen LogP contribution < -0.4 is 0 Å². The summed E-state index contributed by atoms with van der Waals surface area (Å²) in [6, 6.07) is 0. The van der Waals surface area contributed by atoms with Crippen molar-refractivity contribution >= 4 is 7.82 Å². The number of imidazole rings is 1.